The van der Waals surface area contributed by atoms with Crippen LogP contribution in [0.2, 0.25) is 0 Å². The molecule has 0 saturated heterocycles. The quantitative estimate of drug-likeness (QED) is 0.165. The maximum atomic E-state index is 13.7. The number of halogens is 6. The van der Waals surface area contributed by atoms with Gasteiger partial charge in [-0.25, -0.2) is 4.98 Å². The second kappa shape index (κ2) is 12.7. The summed E-state index contributed by atoms with van der Waals surface area (Å²) in [7, 11) is 1.54. The van der Waals surface area contributed by atoms with Crippen molar-refractivity contribution >= 4 is 23.1 Å². The van der Waals surface area contributed by atoms with Crippen molar-refractivity contribution < 1.29 is 26.3 Å². The summed E-state index contributed by atoms with van der Waals surface area (Å²) in [5, 5.41) is 16.2. The number of rotatable bonds is 10. The number of alkyl halides is 6. The van der Waals surface area contributed by atoms with Crippen molar-refractivity contribution in [3.05, 3.63) is 69.0 Å². The number of hydrogen-bond donors (Lipinski definition) is 0. The second-order valence-corrected chi connectivity index (χ2v) is 12.0. The lowest BCUT2D eigenvalue weighted by atomic mass is 10.0. The van der Waals surface area contributed by atoms with Gasteiger partial charge in [-0.1, -0.05) is 17.9 Å². The van der Waals surface area contributed by atoms with Crippen LogP contribution in [-0.4, -0.2) is 38.3 Å². The lowest BCUT2D eigenvalue weighted by Gasteiger charge is -2.30. The van der Waals surface area contributed by atoms with Crippen molar-refractivity contribution in [2.24, 2.45) is 13.0 Å². The molecule has 14 heteroatoms. The van der Waals surface area contributed by atoms with Crippen LogP contribution in [0.5, 0.6) is 0 Å². The summed E-state index contributed by atoms with van der Waals surface area (Å²) in [6.07, 6.45) is -3.48. The van der Waals surface area contributed by atoms with Crippen LogP contribution >= 0.6 is 11.3 Å². The fourth-order valence-corrected chi connectivity index (χ4v) is 6.57. The van der Waals surface area contributed by atoms with Crippen LogP contribution in [0.15, 0.2) is 41.2 Å². The van der Waals surface area contributed by atoms with E-state index in [1.807, 2.05) is 36.9 Å². The van der Waals surface area contributed by atoms with E-state index in [4.69, 9.17) is 4.98 Å². The van der Waals surface area contributed by atoms with E-state index in [1.165, 1.54) is 29.6 Å². The smallest absolute Gasteiger partial charge is 0.356 e. The van der Waals surface area contributed by atoms with Gasteiger partial charge in [-0.2, -0.15) is 42.5 Å². The maximum Gasteiger partial charge on any atom is 0.416 e. The molecular weight excluding hydrogens is 604 g/mol. The van der Waals surface area contributed by atoms with Gasteiger partial charge >= 0.3 is 12.4 Å². The summed E-state index contributed by atoms with van der Waals surface area (Å²) in [5.41, 5.74) is 0.766. The average molecular weight is 638 g/mol. The minimum Gasteiger partial charge on any atom is -0.356 e. The molecule has 0 atom stereocenters. The molecule has 1 aromatic carbocycles. The first-order chi connectivity index (χ1) is 20.8. The Hall–Kier alpha value is -3.68. The minimum absolute atomic E-state index is 0.0698. The molecule has 3 aromatic heterocycles. The summed E-state index contributed by atoms with van der Waals surface area (Å²) < 4.78 is 82.0. The van der Waals surface area contributed by atoms with Crippen molar-refractivity contribution in [2.75, 3.05) is 22.9 Å². The largest absolute Gasteiger partial charge is 0.416 e. The van der Waals surface area contributed by atoms with E-state index in [0.717, 1.165) is 53.8 Å². The molecule has 44 heavy (non-hydrogen) atoms. The van der Waals surface area contributed by atoms with Crippen LogP contribution in [0.3, 0.4) is 0 Å². The standard InChI is InChI=1S/C30H33F6N7S/c1-4-42(14-20-7-5-6-8-20)27-23(11-22(13-37-27)26-18-44-17-19(26)2)16-43(28-38-40-41(3)39-28)15-21-9-24(29(31,32)33)12-25(10-21)30(34,35)36/h9-13,17-18,20H,4-8,14-16H2,1-3H3. The number of hydrogen-bond acceptors (Lipinski definition) is 7. The van der Waals surface area contributed by atoms with Crippen molar-refractivity contribution in [3.8, 4) is 11.1 Å². The van der Waals surface area contributed by atoms with E-state index in [1.54, 1.807) is 11.3 Å². The molecule has 1 aliphatic rings. The lowest BCUT2D eigenvalue weighted by molar-refractivity contribution is -0.143. The van der Waals surface area contributed by atoms with E-state index < -0.39 is 23.5 Å². The Bertz CT molecular complexity index is 1540. The zero-order chi connectivity index (χ0) is 31.6. The molecule has 0 amide bonds. The predicted octanol–water partition coefficient (Wildman–Crippen LogP) is 7.90. The number of aromatic nitrogens is 5. The summed E-state index contributed by atoms with van der Waals surface area (Å²) >= 11 is 1.56. The number of pyridine rings is 1. The van der Waals surface area contributed by atoms with Crippen molar-refractivity contribution in [1.29, 1.82) is 0 Å². The van der Waals surface area contributed by atoms with Gasteiger partial charge in [-0.05, 0) is 89.5 Å². The van der Waals surface area contributed by atoms with Gasteiger partial charge < -0.3 is 9.80 Å². The number of tetrazole rings is 1. The van der Waals surface area contributed by atoms with Crippen LogP contribution in [-0.2, 0) is 32.5 Å². The van der Waals surface area contributed by atoms with Crippen LogP contribution in [0.25, 0.3) is 11.1 Å². The Balaban J connectivity index is 1.58. The van der Waals surface area contributed by atoms with Crippen LogP contribution in [0.4, 0.5) is 38.1 Å². The van der Waals surface area contributed by atoms with Crippen molar-refractivity contribution in [2.45, 2.75) is 65.0 Å². The Kier molecular flexibility index (Phi) is 9.19. The first-order valence-electron chi connectivity index (χ1n) is 14.4. The fourth-order valence-electron chi connectivity index (χ4n) is 5.71. The molecule has 1 aliphatic carbocycles. The summed E-state index contributed by atoms with van der Waals surface area (Å²) in [5.74, 6) is 1.30. The molecule has 0 N–H and O–H groups in total. The molecule has 0 bridgehead atoms. The molecule has 5 rings (SSSR count). The number of benzene rings is 1. The van der Waals surface area contributed by atoms with Gasteiger partial charge in [0.1, 0.15) is 5.82 Å². The van der Waals surface area contributed by atoms with Gasteiger partial charge in [0.15, 0.2) is 0 Å². The van der Waals surface area contributed by atoms with Gasteiger partial charge in [0.05, 0.1) is 18.2 Å². The monoisotopic (exact) mass is 637 g/mol. The maximum absolute atomic E-state index is 13.7. The number of aryl methyl sites for hydroxylation is 2. The third-order valence-electron chi connectivity index (χ3n) is 7.91. The Morgan fingerprint density at radius 1 is 0.932 bits per heavy atom. The van der Waals surface area contributed by atoms with Gasteiger partial charge in [0, 0.05) is 43.5 Å². The van der Waals surface area contributed by atoms with Gasteiger partial charge in [-0.3, -0.25) is 0 Å². The molecule has 0 spiro atoms. The molecular formula is C30H33F6N7S. The number of nitrogens with zero attached hydrogens (tertiary/aromatic N) is 7. The zero-order valence-corrected chi connectivity index (χ0v) is 25.4. The first kappa shape index (κ1) is 31.7. The highest BCUT2D eigenvalue weighted by molar-refractivity contribution is 7.08. The van der Waals surface area contributed by atoms with Crippen LogP contribution < -0.4 is 9.80 Å². The summed E-state index contributed by atoms with van der Waals surface area (Å²) in [4.78, 5) is 9.82. The molecule has 7 nitrogen and oxygen atoms in total. The molecule has 3 heterocycles. The molecule has 4 aromatic rings. The lowest BCUT2D eigenvalue weighted by Crippen LogP contribution is -2.32. The molecule has 1 fully saturated rings. The van der Waals surface area contributed by atoms with E-state index in [0.29, 0.717) is 18.3 Å². The van der Waals surface area contributed by atoms with E-state index in [9.17, 15) is 26.3 Å². The first-order valence-corrected chi connectivity index (χ1v) is 15.3. The Morgan fingerprint density at radius 2 is 1.61 bits per heavy atom. The molecule has 0 radical (unpaired) electrons. The predicted molar refractivity (Wildman–Crippen MR) is 157 cm³/mol. The van der Waals surface area contributed by atoms with Crippen LogP contribution in [0.1, 0.15) is 60.4 Å². The Morgan fingerprint density at radius 3 is 2.16 bits per heavy atom. The van der Waals surface area contributed by atoms with Gasteiger partial charge in [0.25, 0.3) is 5.95 Å². The normalized spacial score (nSPS) is 14.4. The third kappa shape index (κ3) is 7.33. The van der Waals surface area contributed by atoms with Gasteiger partial charge in [-0.15, -0.1) is 5.10 Å². The van der Waals surface area contributed by atoms with Crippen molar-refractivity contribution in [3.63, 3.8) is 0 Å². The highest BCUT2D eigenvalue weighted by Crippen LogP contribution is 2.38. The summed E-state index contributed by atoms with van der Waals surface area (Å²) in [6.45, 7) is 5.27. The van der Waals surface area contributed by atoms with E-state index in [-0.39, 0.29) is 30.7 Å². The SMILES string of the molecule is CCN(CC1CCCC1)c1ncc(-c2cscc2C)cc1CN(Cc1cc(C(F)(F)F)cc(C(F)(F)F)c1)c1nnn(C)n1. The topological polar surface area (TPSA) is 63.0 Å². The summed E-state index contributed by atoms with van der Waals surface area (Å²) in [6, 6.07) is 3.60. The number of thiophene rings is 1. The number of anilines is 2. The molecule has 236 valence electrons. The fraction of sp³-hybridized carbons (Fsp3) is 0.467. The van der Waals surface area contributed by atoms with E-state index >= 15 is 0 Å². The molecule has 0 unspecified atom stereocenters. The Labute approximate surface area is 255 Å². The highest BCUT2D eigenvalue weighted by atomic mass is 32.1. The highest BCUT2D eigenvalue weighted by Gasteiger charge is 2.37. The third-order valence-corrected chi connectivity index (χ3v) is 8.77. The van der Waals surface area contributed by atoms with Crippen molar-refractivity contribution in [1.82, 2.24) is 25.2 Å². The van der Waals surface area contributed by atoms with Gasteiger partial charge in [0.2, 0.25) is 0 Å². The molecule has 0 aliphatic heterocycles. The van der Waals surface area contributed by atoms with Crippen LogP contribution in [0, 0.1) is 12.8 Å². The average Bonchev–Trinajstić information content (AvgIpc) is 3.73. The second-order valence-electron chi connectivity index (χ2n) is 11.2. The minimum atomic E-state index is -4.96. The zero-order valence-electron chi connectivity index (χ0n) is 24.6. The molecule has 1 saturated carbocycles. The van der Waals surface area contributed by atoms with E-state index in [2.05, 4.69) is 20.3 Å².